The Labute approximate surface area is 171 Å². The molecule has 0 fully saturated rings. The Balaban J connectivity index is 0.000000396. The van der Waals surface area contributed by atoms with Gasteiger partial charge in [-0.25, -0.2) is 4.79 Å². The van der Waals surface area contributed by atoms with E-state index in [1.165, 1.54) is 11.1 Å². The van der Waals surface area contributed by atoms with Gasteiger partial charge in [0.05, 0.1) is 5.69 Å². The minimum atomic E-state index is -5.08. The number of carboxylic acids is 1. The van der Waals surface area contributed by atoms with Gasteiger partial charge in [0, 0.05) is 42.9 Å². The van der Waals surface area contributed by atoms with Crippen molar-refractivity contribution in [2.75, 3.05) is 26.3 Å². The van der Waals surface area contributed by atoms with Gasteiger partial charge in [-0.3, -0.25) is 9.89 Å². The predicted molar refractivity (Wildman–Crippen MR) is 103 cm³/mol. The number of carbonyl (C=O) groups excluding carboxylic acids is 1. The second-order valence-electron chi connectivity index (χ2n) is 6.72. The van der Waals surface area contributed by atoms with Crippen LogP contribution in [0.3, 0.4) is 0 Å². The van der Waals surface area contributed by atoms with Gasteiger partial charge in [-0.2, -0.15) is 18.3 Å². The topological polar surface area (TPSA) is 95.5 Å². The van der Waals surface area contributed by atoms with Crippen molar-refractivity contribution in [1.29, 1.82) is 0 Å². The Hall–Kier alpha value is -2.88. The molecule has 2 heterocycles. The number of halogens is 3. The van der Waals surface area contributed by atoms with Crippen molar-refractivity contribution in [2.45, 2.75) is 32.9 Å². The number of aromatic amines is 1. The first-order valence-corrected chi connectivity index (χ1v) is 9.42. The number of aliphatic carboxylic acids is 1. The summed E-state index contributed by atoms with van der Waals surface area (Å²) in [5, 5.41) is 14.8. The van der Waals surface area contributed by atoms with Crippen LogP contribution in [-0.4, -0.2) is 64.6 Å². The molecule has 2 aromatic rings. The van der Waals surface area contributed by atoms with Crippen molar-refractivity contribution in [1.82, 2.24) is 15.1 Å². The highest BCUT2D eigenvalue weighted by atomic mass is 19.4. The molecule has 7 nitrogen and oxygen atoms in total. The van der Waals surface area contributed by atoms with Gasteiger partial charge in [0.25, 0.3) is 0 Å². The van der Waals surface area contributed by atoms with Crippen LogP contribution in [0.4, 0.5) is 13.2 Å². The first-order valence-electron chi connectivity index (χ1n) is 9.42. The molecule has 0 saturated carbocycles. The van der Waals surface area contributed by atoms with E-state index in [-0.39, 0.29) is 12.5 Å². The number of alkyl halides is 3. The molecule has 2 N–H and O–H groups in total. The van der Waals surface area contributed by atoms with Crippen LogP contribution in [0, 0.1) is 6.92 Å². The van der Waals surface area contributed by atoms with Crippen LogP contribution in [0.1, 0.15) is 23.7 Å². The van der Waals surface area contributed by atoms with E-state index >= 15 is 0 Å². The molecule has 1 aromatic carbocycles. The number of amides is 1. The molecule has 164 valence electrons. The first kappa shape index (κ1) is 23.4. The third kappa shape index (κ3) is 6.31. The van der Waals surface area contributed by atoms with E-state index < -0.39 is 12.1 Å². The summed E-state index contributed by atoms with van der Waals surface area (Å²) in [5.74, 6) is -2.69. The van der Waals surface area contributed by atoms with Gasteiger partial charge in [0.2, 0.25) is 5.91 Å². The zero-order valence-corrected chi connectivity index (χ0v) is 16.8. The Morgan fingerprint density at radius 2 is 1.80 bits per heavy atom. The third-order valence-corrected chi connectivity index (χ3v) is 4.57. The summed E-state index contributed by atoms with van der Waals surface area (Å²) in [6.07, 6.45) is -3.45. The molecule has 1 aliphatic rings. The largest absolute Gasteiger partial charge is 0.490 e. The average molecular weight is 427 g/mol. The fourth-order valence-corrected chi connectivity index (χ4v) is 2.96. The number of aryl methyl sites for hydroxylation is 1. The second kappa shape index (κ2) is 10.2. The van der Waals surface area contributed by atoms with Crippen molar-refractivity contribution < 1.29 is 32.6 Å². The number of nitrogens with zero attached hydrogens (tertiary/aromatic N) is 2. The highest BCUT2D eigenvalue weighted by molar-refractivity contribution is 5.77. The number of benzene rings is 1. The molecular formula is C20H24F3N3O4. The fourth-order valence-electron chi connectivity index (χ4n) is 2.96. The summed E-state index contributed by atoms with van der Waals surface area (Å²) in [6, 6.07) is 8.42. The van der Waals surface area contributed by atoms with Gasteiger partial charge in [-0.05, 0) is 20.3 Å². The minimum Gasteiger partial charge on any atom is -0.475 e. The summed E-state index contributed by atoms with van der Waals surface area (Å²) >= 11 is 0. The number of hydrogen-bond acceptors (Lipinski definition) is 4. The van der Waals surface area contributed by atoms with Gasteiger partial charge in [0.15, 0.2) is 0 Å². The maximum atomic E-state index is 12.2. The van der Waals surface area contributed by atoms with E-state index in [0.29, 0.717) is 13.2 Å². The van der Waals surface area contributed by atoms with E-state index in [9.17, 15) is 18.0 Å². The van der Waals surface area contributed by atoms with E-state index in [1.807, 2.05) is 11.8 Å². The van der Waals surface area contributed by atoms with Crippen LogP contribution in [-0.2, 0) is 27.2 Å². The monoisotopic (exact) mass is 427 g/mol. The molecule has 0 atom stereocenters. The number of aromatic nitrogens is 2. The highest BCUT2D eigenvalue weighted by Gasteiger charge is 2.38. The van der Waals surface area contributed by atoms with Gasteiger partial charge >= 0.3 is 12.1 Å². The summed E-state index contributed by atoms with van der Waals surface area (Å²) in [6.45, 7) is 6.16. The standard InChI is InChI=1S/C18H23N3O2.C2HF3O2/c1-3-23-12-17(22)21-10-8-15-16(9-11-21)19-20-18(15)14-6-4-13(2)5-7-14;3-2(4,5)1(6)7/h4-7H,3,8-12H2,1-2H3,(H,19,20);(H,6,7). The number of carboxylic acid groups (broad SMARTS) is 1. The predicted octanol–water partition coefficient (Wildman–Crippen LogP) is 2.98. The average Bonchev–Trinajstić information content (AvgIpc) is 2.97. The number of carbonyl (C=O) groups is 2. The lowest BCUT2D eigenvalue weighted by molar-refractivity contribution is -0.192. The van der Waals surface area contributed by atoms with Crippen LogP contribution >= 0.6 is 0 Å². The molecule has 0 bridgehead atoms. The Bertz CT molecular complexity index is 863. The van der Waals surface area contributed by atoms with Gasteiger partial charge in [-0.1, -0.05) is 29.8 Å². The molecule has 1 aliphatic heterocycles. The normalized spacial score (nSPS) is 13.7. The van der Waals surface area contributed by atoms with Gasteiger partial charge < -0.3 is 14.7 Å². The molecule has 1 amide bonds. The number of hydrogen-bond donors (Lipinski definition) is 2. The van der Waals surface area contributed by atoms with Crippen molar-refractivity contribution in [3.63, 3.8) is 0 Å². The molecule has 0 unspecified atom stereocenters. The van der Waals surface area contributed by atoms with E-state index in [4.69, 9.17) is 14.6 Å². The van der Waals surface area contributed by atoms with Crippen molar-refractivity contribution >= 4 is 11.9 Å². The number of H-pyrrole nitrogens is 1. The van der Waals surface area contributed by atoms with Crippen molar-refractivity contribution in [3.8, 4) is 11.3 Å². The molecule has 30 heavy (non-hydrogen) atoms. The molecular weight excluding hydrogens is 403 g/mol. The number of fused-ring (bicyclic) bond motifs is 1. The second-order valence-corrected chi connectivity index (χ2v) is 6.72. The number of ether oxygens (including phenoxy) is 1. The summed E-state index contributed by atoms with van der Waals surface area (Å²) in [5.41, 5.74) is 5.76. The molecule has 0 saturated heterocycles. The molecule has 3 rings (SSSR count). The maximum Gasteiger partial charge on any atom is 0.490 e. The van der Waals surface area contributed by atoms with Crippen LogP contribution in [0.2, 0.25) is 0 Å². The van der Waals surface area contributed by atoms with E-state index in [2.05, 4.69) is 41.4 Å². The fraction of sp³-hybridized carbons (Fsp3) is 0.450. The Kier molecular flexibility index (Phi) is 7.99. The van der Waals surface area contributed by atoms with Gasteiger partial charge in [0.1, 0.15) is 6.61 Å². The highest BCUT2D eigenvalue weighted by Crippen LogP contribution is 2.27. The van der Waals surface area contributed by atoms with E-state index in [1.54, 1.807) is 0 Å². The SMILES string of the molecule is CCOCC(=O)N1CCc2[nH]nc(-c3ccc(C)cc3)c2CC1.O=C(O)C(F)(F)F. The molecule has 0 spiro atoms. The summed E-state index contributed by atoms with van der Waals surface area (Å²) in [7, 11) is 0. The third-order valence-electron chi connectivity index (χ3n) is 4.57. The van der Waals surface area contributed by atoms with Crippen LogP contribution < -0.4 is 0 Å². The first-order chi connectivity index (χ1) is 14.1. The zero-order valence-electron chi connectivity index (χ0n) is 16.8. The molecule has 10 heteroatoms. The smallest absolute Gasteiger partial charge is 0.475 e. The zero-order chi connectivity index (χ0) is 22.3. The Morgan fingerprint density at radius 1 is 1.20 bits per heavy atom. The summed E-state index contributed by atoms with van der Waals surface area (Å²) < 4.78 is 37.0. The van der Waals surface area contributed by atoms with Crippen molar-refractivity contribution in [3.05, 3.63) is 41.1 Å². The quantitative estimate of drug-likeness (QED) is 0.782. The number of rotatable bonds is 4. The molecule has 0 radical (unpaired) electrons. The van der Waals surface area contributed by atoms with Crippen LogP contribution in [0.15, 0.2) is 24.3 Å². The Morgan fingerprint density at radius 3 is 2.37 bits per heavy atom. The lowest BCUT2D eigenvalue weighted by Gasteiger charge is -2.20. The minimum absolute atomic E-state index is 0.0712. The summed E-state index contributed by atoms with van der Waals surface area (Å²) in [4.78, 5) is 22.9. The molecule has 0 aliphatic carbocycles. The number of nitrogens with one attached hydrogen (secondary N) is 1. The lowest BCUT2D eigenvalue weighted by Crippen LogP contribution is -2.36. The van der Waals surface area contributed by atoms with Crippen LogP contribution in [0.5, 0.6) is 0 Å². The van der Waals surface area contributed by atoms with Crippen LogP contribution in [0.25, 0.3) is 11.3 Å². The van der Waals surface area contributed by atoms with Crippen molar-refractivity contribution in [2.24, 2.45) is 0 Å². The lowest BCUT2D eigenvalue weighted by atomic mass is 10.0. The van der Waals surface area contributed by atoms with Gasteiger partial charge in [-0.15, -0.1) is 0 Å². The maximum absolute atomic E-state index is 12.2. The molecule has 1 aromatic heterocycles. The van der Waals surface area contributed by atoms with E-state index in [0.717, 1.165) is 36.3 Å².